The van der Waals surface area contributed by atoms with Crippen LogP contribution in [0.2, 0.25) is 10.0 Å². The first-order valence-electron chi connectivity index (χ1n) is 8.15. The molecule has 5 nitrogen and oxygen atoms in total. The van der Waals surface area contributed by atoms with Crippen LogP contribution in [-0.2, 0) is 9.53 Å². The summed E-state index contributed by atoms with van der Waals surface area (Å²) < 4.78 is 10.6. The summed E-state index contributed by atoms with van der Waals surface area (Å²) in [5, 5.41) is 11.0. The maximum Gasteiger partial charge on any atom is 0.310 e. The lowest BCUT2D eigenvalue weighted by Gasteiger charge is -2.32. The van der Waals surface area contributed by atoms with Crippen LogP contribution in [0.25, 0.3) is 0 Å². The number of carbonyl (C=O) groups excluding carboxylic acids is 1. The second-order valence-corrected chi connectivity index (χ2v) is 6.68. The normalized spacial score (nSPS) is 19.8. The molecule has 24 heavy (non-hydrogen) atoms. The third kappa shape index (κ3) is 5.52. The Bertz CT molecular complexity index is 535. The number of carbonyl (C=O) groups is 1. The van der Waals surface area contributed by atoms with E-state index in [-0.39, 0.29) is 18.5 Å². The number of esters is 1. The van der Waals surface area contributed by atoms with Crippen LogP contribution in [0, 0.1) is 5.92 Å². The molecule has 2 atom stereocenters. The van der Waals surface area contributed by atoms with Crippen LogP contribution in [0.4, 0.5) is 0 Å². The predicted octanol–water partition coefficient (Wildman–Crippen LogP) is 3.01. The summed E-state index contributed by atoms with van der Waals surface area (Å²) in [7, 11) is 0. The number of nitrogens with zero attached hydrogens (tertiary/aromatic N) is 1. The van der Waals surface area contributed by atoms with Crippen LogP contribution in [-0.4, -0.2) is 54.9 Å². The standard InChI is InChI=1S/C17H23Cl2NO4/c1-2-23-17(22)12-5-4-8-20(9-12)10-13(21)11-24-16-14(18)6-3-7-15(16)19/h3,6-7,12-13,21H,2,4-5,8-11H2,1H3. The van der Waals surface area contributed by atoms with E-state index in [9.17, 15) is 9.90 Å². The summed E-state index contributed by atoms with van der Waals surface area (Å²) in [4.78, 5) is 13.9. The smallest absolute Gasteiger partial charge is 0.310 e. The number of ether oxygens (including phenoxy) is 2. The van der Waals surface area contributed by atoms with Crippen molar-refractivity contribution >= 4 is 29.2 Å². The zero-order valence-corrected chi connectivity index (χ0v) is 15.2. The Labute approximate surface area is 152 Å². The van der Waals surface area contributed by atoms with E-state index in [1.165, 1.54) is 0 Å². The summed E-state index contributed by atoms with van der Waals surface area (Å²) in [6.45, 7) is 4.16. The lowest BCUT2D eigenvalue weighted by atomic mass is 9.98. The van der Waals surface area contributed by atoms with Crippen molar-refractivity contribution in [3.8, 4) is 5.75 Å². The van der Waals surface area contributed by atoms with Crippen LogP contribution in [0.5, 0.6) is 5.75 Å². The van der Waals surface area contributed by atoms with E-state index in [1.54, 1.807) is 25.1 Å². The van der Waals surface area contributed by atoms with Gasteiger partial charge in [0.2, 0.25) is 0 Å². The quantitative estimate of drug-likeness (QED) is 0.742. The SMILES string of the molecule is CCOC(=O)C1CCCN(CC(O)COc2c(Cl)cccc2Cl)C1. The van der Waals surface area contributed by atoms with E-state index in [0.29, 0.717) is 35.5 Å². The average molecular weight is 376 g/mol. The highest BCUT2D eigenvalue weighted by Crippen LogP contribution is 2.32. The number of halogens is 2. The number of aliphatic hydroxyl groups excluding tert-OH is 1. The van der Waals surface area contributed by atoms with Gasteiger partial charge in [0.05, 0.1) is 22.6 Å². The Morgan fingerprint density at radius 2 is 2.12 bits per heavy atom. The van der Waals surface area contributed by atoms with E-state index in [4.69, 9.17) is 32.7 Å². The van der Waals surface area contributed by atoms with Gasteiger partial charge in [0.15, 0.2) is 5.75 Å². The molecule has 1 aromatic rings. The molecule has 1 fully saturated rings. The number of hydrogen-bond donors (Lipinski definition) is 1. The van der Waals surface area contributed by atoms with Gasteiger partial charge in [-0.1, -0.05) is 29.3 Å². The summed E-state index contributed by atoms with van der Waals surface area (Å²) in [6.07, 6.45) is 1.04. The van der Waals surface area contributed by atoms with E-state index >= 15 is 0 Å². The van der Waals surface area contributed by atoms with Crippen LogP contribution in [0.15, 0.2) is 18.2 Å². The van der Waals surface area contributed by atoms with Crippen LogP contribution in [0.1, 0.15) is 19.8 Å². The highest BCUT2D eigenvalue weighted by atomic mass is 35.5. The minimum Gasteiger partial charge on any atom is -0.488 e. The van der Waals surface area contributed by atoms with Crippen molar-refractivity contribution in [3.63, 3.8) is 0 Å². The van der Waals surface area contributed by atoms with Gasteiger partial charge in [0.25, 0.3) is 0 Å². The Kier molecular flexibility index (Phi) is 7.62. The van der Waals surface area contributed by atoms with E-state index in [0.717, 1.165) is 19.4 Å². The first-order chi connectivity index (χ1) is 11.5. The summed E-state index contributed by atoms with van der Waals surface area (Å²) in [6, 6.07) is 5.10. The number of piperidine rings is 1. The van der Waals surface area contributed by atoms with E-state index in [1.807, 2.05) is 0 Å². The molecule has 0 radical (unpaired) electrons. The first-order valence-corrected chi connectivity index (χ1v) is 8.90. The monoisotopic (exact) mass is 375 g/mol. The lowest BCUT2D eigenvalue weighted by Crippen LogP contribution is -2.44. The average Bonchev–Trinajstić information content (AvgIpc) is 2.55. The summed E-state index contributed by atoms with van der Waals surface area (Å²) >= 11 is 12.1. The van der Waals surface area contributed by atoms with Crippen LogP contribution < -0.4 is 4.74 Å². The number of aliphatic hydroxyl groups is 1. The van der Waals surface area contributed by atoms with Crippen molar-refractivity contribution in [1.29, 1.82) is 0 Å². The Hall–Kier alpha value is -1.01. The number of hydrogen-bond acceptors (Lipinski definition) is 5. The van der Waals surface area contributed by atoms with Gasteiger partial charge in [0.1, 0.15) is 12.7 Å². The van der Waals surface area contributed by atoms with Gasteiger partial charge in [-0.3, -0.25) is 9.69 Å². The molecular formula is C17H23Cl2NO4. The molecule has 1 saturated heterocycles. The van der Waals surface area contributed by atoms with Crippen molar-refractivity contribution in [2.24, 2.45) is 5.92 Å². The topological polar surface area (TPSA) is 59.0 Å². The molecule has 0 saturated carbocycles. The largest absolute Gasteiger partial charge is 0.488 e. The van der Waals surface area contributed by atoms with Crippen LogP contribution in [0.3, 0.4) is 0 Å². The van der Waals surface area contributed by atoms with Gasteiger partial charge in [-0.15, -0.1) is 0 Å². The van der Waals surface area contributed by atoms with Gasteiger partial charge in [-0.2, -0.15) is 0 Å². The predicted molar refractivity (Wildman–Crippen MR) is 93.8 cm³/mol. The molecule has 0 spiro atoms. The molecular weight excluding hydrogens is 353 g/mol. The fraction of sp³-hybridized carbons (Fsp3) is 0.588. The van der Waals surface area contributed by atoms with Crippen molar-refractivity contribution in [2.75, 3.05) is 32.8 Å². The minimum absolute atomic E-state index is 0.0873. The van der Waals surface area contributed by atoms with E-state index < -0.39 is 6.10 Å². The number of benzene rings is 1. The molecule has 134 valence electrons. The van der Waals surface area contributed by atoms with Gasteiger partial charge >= 0.3 is 5.97 Å². The lowest BCUT2D eigenvalue weighted by molar-refractivity contribution is -0.150. The molecule has 1 aliphatic heterocycles. The number of rotatable bonds is 7. The van der Waals surface area contributed by atoms with Crippen molar-refractivity contribution in [3.05, 3.63) is 28.2 Å². The van der Waals surface area contributed by atoms with E-state index in [2.05, 4.69) is 4.90 Å². The minimum atomic E-state index is -0.696. The fourth-order valence-corrected chi connectivity index (χ4v) is 3.33. The molecule has 1 aromatic carbocycles. The summed E-state index contributed by atoms with van der Waals surface area (Å²) in [5.41, 5.74) is 0. The second kappa shape index (κ2) is 9.47. The Balaban J connectivity index is 1.81. The molecule has 1 heterocycles. The third-order valence-electron chi connectivity index (χ3n) is 3.93. The highest BCUT2D eigenvalue weighted by molar-refractivity contribution is 6.37. The molecule has 0 aromatic heterocycles. The Morgan fingerprint density at radius 3 is 2.79 bits per heavy atom. The highest BCUT2D eigenvalue weighted by Gasteiger charge is 2.27. The zero-order chi connectivity index (χ0) is 17.5. The van der Waals surface area contributed by atoms with Crippen molar-refractivity contribution in [1.82, 2.24) is 4.90 Å². The van der Waals surface area contributed by atoms with Crippen molar-refractivity contribution < 1.29 is 19.4 Å². The Morgan fingerprint density at radius 1 is 1.42 bits per heavy atom. The molecule has 2 unspecified atom stereocenters. The number of para-hydroxylation sites is 1. The van der Waals surface area contributed by atoms with Crippen LogP contribution >= 0.6 is 23.2 Å². The maximum absolute atomic E-state index is 11.8. The van der Waals surface area contributed by atoms with Gasteiger partial charge in [-0.25, -0.2) is 0 Å². The van der Waals surface area contributed by atoms with Crippen molar-refractivity contribution in [2.45, 2.75) is 25.9 Å². The fourth-order valence-electron chi connectivity index (χ4n) is 2.82. The van der Waals surface area contributed by atoms with Gasteiger partial charge in [0, 0.05) is 13.1 Å². The molecule has 0 amide bonds. The first kappa shape index (κ1) is 19.3. The molecule has 0 aliphatic carbocycles. The number of likely N-dealkylation sites (tertiary alicyclic amines) is 1. The van der Waals surface area contributed by atoms with Gasteiger partial charge < -0.3 is 14.6 Å². The zero-order valence-electron chi connectivity index (χ0n) is 13.7. The molecule has 2 rings (SSSR count). The summed E-state index contributed by atoms with van der Waals surface area (Å²) in [5.74, 6) is 0.101. The molecule has 0 bridgehead atoms. The number of β-amino-alcohol motifs (C(OH)–C–C–N with tert-alkyl or cyclic N) is 1. The molecule has 7 heteroatoms. The second-order valence-electron chi connectivity index (χ2n) is 5.87. The molecule has 1 aliphatic rings. The maximum atomic E-state index is 11.8. The third-order valence-corrected chi connectivity index (χ3v) is 4.53. The molecule has 1 N–H and O–H groups in total. The van der Waals surface area contributed by atoms with Gasteiger partial charge in [-0.05, 0) is 38.4 Å².